The van der Waals surface area contributed by atoms with E-state index in [9.17, 15) is 9.59 Å². The molecule has 0 saturated carbocycles. The second-order valence-electron chi connectivity index (χ2n) is 6.19. The van der Waals surface area contributed by atoms with Crippen molar-refractivity contribution in [2.45, 2.75) is 46.5 Å². The fraction of sp³-hybridized carbons (Fsp3) is 0.882. The van der Waals surface area contributed by atoms with Crippen LogP contribution < -0.4 is 0 Å². The van der Waals surface area contributed by atoms with Crippen molar-refractivity contribution >= 4 is 11.7 Å². The van der Waals surface area contributed by atoms with Gasteiger partial charge in [-0.25, -0.2) is 0 Å². The fourth-order valence-electron chi connectivity index (χ4n) is 3.62. The average Bonchev–Trinajstić information content (AvgIpc) is 2.56. The van der Waals surface area contributed by atoms with E-state index in [4.69, 9.17) is 5.11 Å². The van der Waals surface area contributed by atoms with Gasteiger partial charge in [0.25, 0.3) is 0 Å². The Bertz CT molecular complexity index is 344. The zero-order chi connectivity index (χ0) is 16.5. The Kier molecular flexibility index (Phi) is 8.64. The van der Waals surface area contributed by atoms with Crippen LogP contribution in [0.25, 0.3) is 0 Å². The molecule has 2 aliphatic heterocycles. The first kappa shape index (κ1) is 19.1. The lowest BCUT2D eigenvalue weighted by atomic mass is 9.79. The van der Waals surface area contributed by atoms with Crippen LogP contribution >= 0.6 is 0 Å². The Labute approximate surface area is 134 Å². The highest BCUT2D eigenvalue weighted by atomic mass is 16.3. The summed E-state index contributed by atoms with van der Waals surface area (Å²) >= 11 is 0. The topological polar surface area (TPSA) is 60.9 Å². The molecular formula is C17H32N2O3. The summed E-state index contributed by atoms with van der Waals surface area (Å²) in [4.78, 5) is 26.6. The molecule has 0 radical (unpaired) electrons. The molecule has 2 aliphatic rings. The summed E-state index contributed by atoms with van der Waals surface area (Å²) in [5.74, 6) is 1.56. The van der Waals surface area contributed by atoms with Gasteiger partial charge in [-0.3, -0.25) is 14.5 Å². The van der Waals surface area contributed by atoms with E-state index in [2.05, 4.69) is 4.90 Å². The number of carbonyl (C=O) groups is 2. The molecule has 0 aromatic carbocycles. The monoisotopic (exact) mass is 312 g/mol. The Morgan fingerprint density at radius 3 is 1.82 bits per heavy atom. The first-order valence-corrected chi connectivity index (χ1v) is 8.70. The molecule has 0 spiro atoms. The number of nitrogens with zero attached hydrogens (tertiary/aromatic N) is 2. The Morgan fingerprint density at radius 2 is 1.41 bits per heavy atom. The number of amides is 1. The molecule has 0 atom stereocenters. The van der Waals surface area contributed by atoms with E-state index in [1.807, 2.05) is 13.8 Å². The van der Waals surface area contributed by atoms with E-state index < -0.39 is 0 Å². The third-order valence-corrected chi connectivity index (χ3v) is 4.77. The third-order valence-electron chi connectivity index (χ3n) is 4.77. The molecule has 5 heteroatoms. The molecule has 0 aromatic heterocycles. The number of hydrogen-bond donors (Lipinski definition) is 1. The van der Waals surface area contributed by atoms with Crippen molar-refractivity contribution in [2.75, 3.05) is 39.3 Å². The van der Waals surface area contributed by atoms with Gasteiger partial charge in [-0.2, -0.15) is 0 Å². The number of piperidine rings is 2. The van der Waals surface area contributed by atoms with Gasteiger partial charge in [0.1, 0.15) is 12.4 Å². The number of aliphatic hydroxyl groups is 1. The highest BCUT2D eigenvalue weighted by molar-refractivity contribution is 5.77. The maximum Gasteiger partial charge on any atom is 0.248 e. The SMILES string of the molecule is CC.CC(=O)CN1CCC(C2CCN(C(=O)CO)CC2)CC1. The normalized spacial score (nSPS) is 21.2. The van der Waals surface area contributed by atoms with Gasteiger partial charge in [-0.05, 0) is 57.5 Å². The van der Waals surface area contributed by atoms with Gasteiger partial charge >= 0.3 is 0 Å². The molecule has 2 heterocycles. The molecule has 0 unspecified atom stereocenters. The van der Waals surface area contributed by atoms with Crippen LogP contribution in [0.5, 0.6) is 0 Å². The number of rotatable bonds is 4. The second-order valence-corrected chi connectivity index (χ2v) is 6.19. The summed E-state index contributed by atoms with van der Waals surface area (Å²) in [7, 11) is 0. The van der Waals surface area contributed by atoms with Crippen LogP contribution in [0.2, 0.25) is 0 Å². The second kappa shape index (κ2) is 9.95. The summed E-state index contributed by atoms with van der Waals surface area (Å²) in [6.45, 7) is 9.51. The zero-order valence-electron chi connectivity index (χ0n) is 14.4. The van der Waals surface area contributed by atoms with Gasteiger partial charge < -0.3 is 10.0 Å². The van der Waals surface area contributed by atoms with Crippen LogP contribution in [-0.4, -0.2) is 65.9 Å². The lowest BCUT2D eigenvalue weighted by molar-refractivity contribution is -0.135. The molecule has 2 rings (SSSR count). The van der Waals surface area contributed by atoms with E-state index in [0.29, 0.717) is 12.5 Å². The summed E-state index contributed by atoms with van der Waals surface area (Å²) in [6.07, 6.45) is 4.46. The van der Waals surface area contributed by atoms with Crippen molar-refractivity contribution in [1.82, 2.24) is 9.80 Å². The molecule has 22 heavy (non-hydrogen) atoms. The Balaban J connectivity index is 0.00000116. The standard InChI is InChI=1S/C15H26N2O3.C2H6/c1-12(19)10-16-6-2-13(3-7-16)14-4-8-17(9-5-14)15(20)11-18;1-2/h13-14,18H,2-11H2,1H3;1-2H3. The first-order chi connectivity index (χ1) is 10.6. The molecule has 1 amide bonds. The van der Waals surface area contributed by atoms with Crippen molar-refractivity contribution in [3.8, 4) is 0 Å². The van der Waals surface area contributed by atoms with Crippen molar-refractivity contribution < 1.29 is 14.7 Å². The summed E-state index contributed by atoms with van der Waals surface area (Å²) in [6, 6.07) is 0. The van der Waals surface area contributed by atoms with Gasteiger partial charge in [0.05, 0.1) is 6.54 Å². The Morgan fingerprint density at radius 1 is 0.955 bits per heavy atom. The minimum atomic E-state index is -0.367. The maximum atomic E-state index is 11.4. The number of likely N-dealkylation sites (tertiary alicyclic amines) is 2. The van der Waals surface area contributed by atoms with Crippen LogP contribution in [0.15, 0.2) is 0 Å². The molecule has 0 aromatic rings. The number of carbonyl (C=O) groups excluding carboxylic acids is 2. The quantitative estimate of drug-likeness (QED) is 0.855. The molecule has 5 nitrogen and oxygen atoms in total. The van der Waals surface area contributed by atoms with E-state index in [-0.39, 0.29) is 18.3 Å². The molecule has 0 bridgehead atoms. The van der Waals surface area contributed by atoms with Crippen LogP contribution in [0.3, 0.4) is 0 Å². The molecule has 1 N–H and O–H groups in total. The summed E-state index contributed by atoms with van der Waals surface area (Å²) in [5.41, 5.74) is 0. The van der Waals surface area contributed by atoms with Crippen molar-refractivity contribution in [2.24, 2.45) is 11.8 Å². The molecule has 128 valence electrons. The Hall–Kier alpha value is -0.940. The number of aliphatic hydroxyl groups excluding tert-OH is 1. The molecule has 0 aliphatic carbocycles. The summed E-state index contributed by atoms with van der Waals surface area (Å²) in [5, 5.41) is 8.88. The van der Waals surface area contributed by atoms with Crippen LogP contribution in [0, 0.1) is 11.8 Å². The van der Waals surface area contributed by atoms with E-state index >= 15 is 0 Å². The van der Waals surface area contributed by atoms with Gasteiger partial charge in [0, 0.05) is 13.1 Å². The summed E-state index contributed by atoms with van der Waals surface area (Å²) < 4.78 is 0. The molecule has 2 saturated heterocycles. The van der Waals surface area contributed by atoms with E-state index in [1.54, 1.807) is 11.8 Å². The smallest absolute Gasteiger partial charge is 0.248 e. The first-order valence-electron chi connectivity index (χ1n) is 8.70. The predicted molar refractivity (Wildman–Crippen MR) is 87.6 cm³/mol. The zero-order valence-corrected chi connectivity index (χ0v) is 14.4. The van der Waals surface area contributed by atoms with Crippen molar-refractivity contribution in [3.63, 3.8) is 0 Å². The minimum Gasteiger partial charge on any atom is -0.387 e. The fourth-order valence-corrected chi connectivity index (χ4v) is 3.62. The van der Waals surface area contributed by atoms with Crippen LogP contribution in [-0.2, 0) is 9.59 Å². The lowest BCUT2D eigenvalue weighted by Gasteiger charge is -2.40. The van der Waals surface area contributed by atoms with Gasteiger partial charge in [0.2, 0.25) is 5.91 Å². The number of Topliss-reactive ketones (excluding diaryl/α,β-unsaturated/α-hetero) is 1. The van der Waals surface area contributed by atoms with Gasteiger partial charge in [0.15, 0.2) is 0 Å². The van der Waals surface area contributed by atoms with Crippen LogP contribution in [0.1, 0.15) is 46.5 Å². The highest BCUT2D eigenvalue weighted by Gasteiger charge is 2.30. The predicted octanol–water partition coefficient (Wildman–Crippen LogP) is 1.54. The highest BCUT2D eigenvalue weighted by Crippen LogP contribution is 2.32. The largest absolute Gasteiger partial charge is 0.387 e. The van der Waals surface area contributed by atoms with E-state index in [1.165, 1.54) is 12.8 Å². The van der Waals surface area contributed by atoms with Crippen LogP contribution in [0.4, 0.5) is 0 Å². The van der Waals surface area contributed by atoms with E-state index in [0.717, 1.165) is 44.9 Å². The van der Waals surface area contributed by atoms with Gasteiger partial charge in [-0.1, -0.05) is 13.8 Å². The molecule has 2 fully saturated rings. The maximum absolute atomic E-state index is 11.4. The van der Waals surface area contributed by atoms with Crippen molar-refractivity contribution in [1.29, 1.82) is 0 Å². The number of hydrogen-bond acceptors (Lipinski definition) is 4. The number of ketones is 1. The van der Waals surface area contributed by atoms with Crippen molar-refractivity contribution in [3.05, 3.63) is 0 Å². The van der Waals surface area contributed by atoms with Gasteiger partial charge in [-0.15, -0.1) is 0 Å². The third kappa shape index (κ3) is 5.69. The molecular weight excluding hydrogens is 280 g/mol. The lowest BCUT2D eigenvalue weighted by Crippen LogP contribution is -2.44. The average molecular weight is 312 g/mol. The minimum absolute atomic E-state index is 0.139.